The predicted molar refractivity (Wildman–Crippen MR) is 161 cm³/mol. The average molecular weight is 540 g/mol. The van der Waals surface area contributed by atoms with Crippen molar-refractivity contribution in [3.8, 4) is 0 Å². The molecule has 7 heteroatoms. The lowest BCUT2D eigenvalue weighted by atomic mass is 10.0. The Morgan fingerprint density at radius 1 is 0.921 bits per heavy atom. The molecule has 4 aromatic carbocycles. The molecule has 2 amide bonds. The van der Waals surface area contributed by atoms with Crippen molar-refractivity contribution < 1.29 is 9.59 Å². The summed E-state index contributed by atoms with van der Waals surface area (Å²) in [6, 6.07) is 24.0. The number of fused-ring (bicyclic) bond motifs is 2. The summed E-state index contributed by atoms with van der Waals surface area (Å²) in [5, 5.41) is 8.03. The van der Waals surface area contributed by atoms with E-state index in [4.69, 9.17) is 4.98 Å². The zero-order valence-corrected chi connectivity index (χ0v) is 23.4. The van der Waals surface area contributed by atoms with Gasteiger partial charge in [-0.25, -0.2) is 4.98 Å². The van der Waals surface area contributed by atoms with Crippen molar-refractivity contribution in [2.45, 2.75) is 43.7 Å². The minimum absolute atomic E-state index is 0.0503. The number of amides is 2. The highest BCUT2D eigenvalue weighted by atomic mass is 32.2. The van der Waals surface area contributed by atoms with Crippen LogP contribution in [0.15, 0.2) is 77.1 Å². The summed E-state index contributed by atoms with van der Waals surface area (Å²) in [5.41, 5.74) is 6.76. The molecule has 0 spiro atoms. The second-order valence-electron chi connectivity index (χ2n) is 9.55. The van der Waals surface area contributed by atoms with Gasteiger partial charge in [-0.3, -0.25) is 9.59 Å². The largest absolute Gasteiger partial charge is 0.326 e. The van der Waals surface area contributed by atoms with E-state index in [9.17, 15) is 9.59 Å². The van der Waals surface area contributed by atoms with Crippen molar-refractivity contribution in [3.63, 3.8) is 0 Å². The van der Waals surface area contributed by atoms with Crippen molar-refractivity contribution in [3.05, 3.63) is 95.1 Å². The van der Waals surface area contributed by atoms with Gasteiger partial charge in [-0.05, 0) is 73.4 Å². The summed E-state index contributed by atoms with van der Waals surface area (Å²) in [6.45, 7) is 7.97. The van der Waals surface area contributed by atoms with Crippen LogP contribution in [0.3, 0.4) is 0 Å². The molecule has 0 aliphatic heterocycles. The number of hydrogen-bond acceptors (Lipinski definition) is 5. The van der Waals surface area contributed by atoms with E-state index in [0.717, 1.165) is 53.4 Å². The van der Waals surface area contributed by atoms with Gasteiger partial charge in [-0.1, -0.05) is 71.9 Å². The number of benzene rings is 4. The van der Waals surface area contributed by atoms with Crippen LogP contribution in [0.5, 0.6) is 0 Å². The first kappa shape index (κ1) is 25.9. The van der Waals surface area contributed by atoms with Gasteiger partial charge in [0.15, 0.2) is 4.34 Å². The molecule has 192 valence electrons. The number of carbonyl (C=O) groups is 2. The zero-order chi connectivity index (χ0) is 26.8. The molecule has 0 aliphatic carbocycles. The SMILES string of the molecule is Cc1cc(C)c(NC(=O)C(C)Sc2nc3ccc(NC(=O)Cc4cccc5ccccc45)cc3s2)c(C)c1. The minimum Gasteiger partial charge on any atom is -0.326 e. The van der Waals surface area contributed by atoms with Crippen LogP contribution in [-0.2, 0) is 16.0 Å². The highest BCUT2D eigenvalue weighted by molar-refractivity contribution is 8.02. The fraction of sp³-hybridized carbons (Fsp3) is 0.194. The molecule has 1 heterocycles. The number of nitrogens with zero attached hydrogens (tertiary/aromatic N) is 1. The standard InChI is InChI=1S/C31H29N3O2S2/c1-18-14-19(2)29(20(3)15-18)34-30(36)21(4)37-31-33-26-13-12-24(17-27(26)38-31)32-28(35)16-23-10-7-9-22-8-5-6-11-25(22)23/h5-15,17,21H,16H2,1-4H3,(H,32,35)(H,34,36). The van der Waals surface area contributed by atoms with Crippen molar-refractivity contribution in [1.82, 2.24) is 4.98 Å². The van der Waals surface area contributed by atoms with Gasteiger partial charge in [-0.15, -0.1) is 11.3 Å². The molecule has 2 N–H and O–H groups in total. The summed E-state index contributed by atoms with van der Waals surface area (Å²) in [7, 11) is 0. The van der Waals surface area contributed by atoms with Gasteiger partial charge in [0.25, 0.3) is 0 Å². The number of thioether (sulfide) groups is 1. The number of rotatable bonds is 7. The molecule has 0 aliphatic rings. The maximum absolute atomic E-state index is 12.9. The summed E-state index contributed by atoms with van der Waals surface area (Å²) in [4.78, 5) is 30.5. The molecule has 5 aromatic rings. The Labute approximate surface area is 230 Å². The van der Waals surface area contributed by atoms with Crippen LogP contribution in [0, 0.1) is 20.8 Å². The average Bonchev–Trinajstić information content (AvgIpc) is 3.27. The van der Waals surface area contributed by atoms with Gasteiger partial charge in [0.1, 0.15) is 0 Å². The molecule has 5 rings (SSSR count). The monoisotopic (exact) mass is 539 g/mol. The Balaban J connectivity index is 1.25. The molecule has 1 aromatic heterocycles. The first-order chi connectivity index (χ1) is 18.3. The van der Waals surface area contributed by atoms with Crippen LogP contribution in [0.25, 0.3) is 21.0 Å². The number of anilines is 2. The minimum atomic E-state index is -0.310. The molecular formula is C31H29N3O2S2. The molecule has 0 bridgehead atoms. The first-order valence-electron chi connectivity index (χ1n) is 12.5. The summed E-state index contributed by atoms with van der Waals surface area (Å²) < 4.78 is 1.78. The smallest absolute Gasteiger partial charge is 0.237 e. The highest BCUT2D eigenvalue weighted by Crippen LogP contribution is 2.34. The van der Waals surface area contributed by atoms with Crippen LogP contribution in [0.4, 0.5) is 11.4 Å². The van der Waals surface area contributed by atoms with Crippen LogP contribution in [0.2, 0.25) is 0 Å². The lowest BCUT2D eigenvalue weighted by molar-refractivity contribution is -0.116. The van der Waals surface area contributed by atoms with E-state index >= 15 is 0 Å². The Kier molecular flexibility index (Phi) is 7.49. The van der Waals surface area contributed by atoms with Crippen LogP contribution < -0.4 is 10.6 Å². The Hall–Kier alpha value is -3.68. The van der Waals surface area contributed by atoms with Gasteiger partial charge in [0, 0.05) is 11.4 Å². The van der Waals surface area contributed by atoms with E-state index in [1.165, 1.54) is 28.7 Å². The molecule has 1 atom stereocenters. The molecule has 0 radical (unpaired) electrons. The predicted octanol–water partition coefficient (Wildman–Crippen LogP) is 7.68. The highest BCUT2D eigenvalue weighted by Gasteiger charge is 2.19. The van der Waals surface area contributed by atoms with Crippen LogP contribution in [-0.4, -0.2) is 22.0 Å². The van der Waals surface area contributed by atoms with Crippen molar-refractivity contribution >= 4 is 67.3 Å². The van der Waals surface area contributed by atoms with Crippen LogP contribution >= 0.6 is 23.1 Å². The summed E-state index contributed by atoms with van der Waals surface area (Å²) >= 11 is 2.97. The second kappa shape index (κ2) is 11.0. The molecular weight excluding hydrogens is 510 g/mol. The number of thiazole rings is 1. The maximum atomic E-state index is 12.9. The van der Waals surface area contributed by atoms with Crippen molar-refractivity contribution in [2.75, 3.05) is 10.6 Å². The molecule has 0 saturated carbocycles. The fourth-order valence-corrected chi connectivity index (χ4v) is 6.91. The van der Waals surface area contributed by atoms with E-state index < -0.39 is 0 Å². The van der Waals surface area contributed by atoms with E-state index in [1.807, 2.05) is 69.3 Å². The number of aromatic nitrogens is 1. The van der Waals surface area contributed by atoms with E-state index in [2.05, 4.69) is 41.8 Å². The Bertz CT molecular complexity index is 1650. The van der Waals surface area contributed by atoms with E-state index in [1.54, 1.807) is 0 Å². The number of hydrogen-bond donors (Lipinski definition) is 2. The third-order valence-corrected chi connectivity index (χ3v) is 8.67. The van der Waals surface area contributed by atoms with Gasteiger partial charge in [-0.2, -0.15) is 0 Å². The lowest BCUT2D eigenvalue weighted by Gasteiger charge is -2.15. The Morgan fingerprint density at radius 2 is 1.66 bits per heavy atom. The van der Waals surface area contributed by atoms with Crippen LogP contribution in [0.1, 0.15) is 29.2 Å². The number of aryl methyl sites for hydroxylation is 3. The zero-order valence-electron chi connectivity index (χ0n) is 21.8. The quantitative estimate of drug-likeness (QED) is 0.208. The normalized spacial score (nSPS) is 12.0. The number of nitrogens with one attached hydrogen (secondary N) is 2. The first-order valence-corrected chi connectivity index (χ1v) is 14.2. The molecule has 0 fully saturated rings. The molecule has 5 nitrogen and oxygen atoms in total. The molecule has 1 unspecified atom stereocenters. The fourth-order valence-electron chi connectivity index (χ4n) is 4.66. The van der Waals surface area contributed by atoms with E-state index in [0.29, 0.717) is 6.42 Å². The van der Waals surface area contributed by atoms with Crippen molar-refractivity contribution in [2.24, 2.45) is 0 Å². The van der Waals surface area contributed by atoms with E-state index in [-0.39, 0.29) is 17.1 Å². The number of carbonyl (C=O) groups excluding carboxylic acids is 2. The van der Waals surface area contributed by atoms with Gasteiger partial charge >= 0.3 is 0 Å². The summed E-state index contributed by atoms with van der Waals surface area (Å²) in [5.74, 6) is -0.113. The van der Waals surface area contributed by atoms with Crippen molar-refractivity contribution in [1.29, 1.82) is 0 Å². The third-order valence-electron chi connectivity index (χ3n) is 6.46. The van der Waals surface area contributed by atoms with Gasteiger partial charge in [0.2, 0.25) is 11.8 Å². The maximum Gasteiger partial charge on any atom is 0.237 e. The topological polar surface area (TPSA) is 71.1 Å². The third kappa shape index (κ3) is 5.74. The van der Waals surface area contributed by atoms with Gasteiger partial charge < -0.3 is 10.6 Å². The molecule has 38 heavy (non-hydrogen) atoms. The second-order valence-corrected chi connectivity index (χ2v) is 12.2. The lowest BCUT2D eigenvalue weighted by Crippen LogP contribution is -2.23. The summed E-state index contributed by atoms with van der Waals surface area (Å²) in [6.07, 6.45) is 0.301. The Morgan fingerprint density at radius 3 is 2.45 bits per heavy atom. The van der Waals surface area contributed by atoms with Gasteiger partial charge in [0.05, 0.1) is 21.9 Å². The molecule has 0 saturated heterocycles.